The number of hydrogen-bond acceptors (Lipinski definition) is 5. The third kappa shape index (κ3) is 4.56. The molecule has 0 N–H and O–H groups in total. The van der Waals surface area contributed by atoms with Crippen LogP contribution in [0.4, 0.5) is 9.18 Å². The van der Waals surface area contributed by atoms with Crippen molar-refractivity contribution in [1.82, 2.24) is 14.8 Å². The first-order chi connectivity index (χ1) is 16.8. The van der Waals surface area contributed by atoms with Crippen molar-refractivity contribution in [3.8, 4) is 0 Å². The lowest BCUT2D eigenvalue weighted by Gasteiger charge is -2.51. The Morgan fingerprint density at radius 1 is 1.20 bits per heavy atom. The van der Waals surface area contributed by atoms with Crippen LogP contribution < -0.4 is 0 Å². The first-order valence-electron chi connectivity index (χ1n) is 12.4. The van der Waals surface area contributed by atoms with Gasteiger partial charge in [0.25, 0.3) is 0 Å². The highest BCUT2D eigenvalue weighted by Crippen LogP contribution is 2.48. The third-order valence-electron chi connectivity index (χ3n) is 8.19. The number of imide groups is 1. The topological polar surface area (TPSA) is 62.7 Å². The van der Waals surface area contributed by atoms with Crippen molar-refractivity contribution in [2.45, 2.75) is 57.0 Å². The van der Waals surface area contributed by atoms with Gasteiger partial charge in [0.15, 0.2) is 0 Å². The first-order valence-corrected chi connectivity index (χ1v) is 12.8. The fourth-order valence-electron chi connectivity index (χ4n) is 6.19. The minimum Gasteiger partial charge on any atom is -0.447 e. The van der Waals surface area contributed by atoms with E-state index in [0.717, 1.165) is 24.8 Å². The van der Waals surface area contributed by atoms with Crippen LogP contribution >= 0.6 is 11.6 Å². The van der Waals surface area contributed by atoms with Crippen molar-refractivity contribution < 1.29 is 18.7 Å². The highest BCUT2D eigenvalue weighted by atomic mass is 35.5. The van der Waals surface area contributed by atoms with Gasteiger partial charge in [-0.3, -0.25) is 9.69 Å². The largest absolute Gasteiger partial charge is 0.447 e. The second-order valence-electron chi connectivity index (χ2n) is 10.4. The molecule has 2 aliphatic heterocycles. The lowest BCUT2D eigenvalue weighted by molar-refractivity contribution is -0.133. The van der Waals surface area contributed by atoms with Gasteiger partial charge in [-0.15, -0.1) is 0 Å². The summed E-state index contributed by atoms with van der Waals surface area (Å²) in [6.45, 7) is 5.59. The van der Waals surface area contributed by atoms with E-state index in [-0.39, 0.29) is 29.2 Å². The van der Waals surface area contributed by atoms with Crippen LogP contribution in [-0.4, -0.2) is 58.1 Å². The zero-order chi connectivity index (χ0) is 24.7. The quantitative estimate of drug-likeness (QED) is 0.520. The van der Waals surface area contributed by atoms with E-state index in [2.05, 4.69) is 23.7 Å². The van der Waals surface area contributed by atoms with Crippen LogP contribution in [0, 0.1) is 17.8 Å². The number of likely N-dealkylation sites (tertiary alicyclic amines) is 1. The van der Waals surface area contributed by atoms with Gasteiger partial charge in [0, 0.05) is 30.1 Å². The lowest BCUT2D eigenvalue weighted by Crippen LogP contribution is -2.54. The van der Waals surface area contributed by atoms with Gasteiger partial charge < -0.3 is 4.74 Å². The smallest absolute Gasteiger partial charge is 0.416 e. The number of ether oxygens (including phenoxy) is 1. The van der Waals surface area contributed by atoms with Gasteiger partial charge in [0.1, 0.15) is 11.8 Å². The summed E-state index contributed by atoms with van der Waals surface area (Å²) in [5, 5.41) is 0.0757. The number of carbonyl (C=O) groups excluding carboxylic acids is 2. The van der Waals surface area contributed by atoms with Gasteiger partial charge in [-0.1, -0.05) is 61.3 Å². The molecule has 0 bridgehead atoms. The average molecular weight is 500 g/mol. The first kappa shape index (κ1) is 24.2. The maximum Gasteiger partial charge on any atom is 0.416 e. The van der Waals surface area contributed by atoms with Gasteiger partial charge in [-0.25, -0.2) is 14.7 Å². The molecule has 2 saturated heterocycles. The van der Waals surface area contributed by atoms with E-state index in [1.807, 2.05) is 30.3 Å². The lowest BCUT2D eigenvalue weighted by atomic mass is 9.67. The second-order valence-corrected chi connectivity index (χ2v) is 10.8. The summed E-state index contributed by atoms with van der Waals surface area (Å²) >= 11 is 5.91. The summed E-state index contributed by atoms with van der Waals surface area (Å²) in [5.41, 5.74) is 1.37. The number of aromatic nitrogens is 1. The summed E-state index contributed by atoms with van der Waals surface area (Å²) in [7, 11) is 0. The van der Waals surface area contributed by atoms with Crippen molar-refractivity contribution >= 4 is 23.6 Å². The van der Waals surface area contributed by atoms with Crippen molar-refractivity contribution in [2.75, 3.05) is 19.7 Å². The number of carbonyl (C=O) groups is 2. The number of nitrogens with zero attached hydrogens (tertiary/aromatic N) is 3. The zero-order valence-electron chi connectivity index (χ0n) is 20.1. The zero-order valence-corrected chi connectivity index (χ0v) is 20.9. The van der Waals surface area contributed by atoms with Crippen molar-refractivity contribution in [3.05, 3.63) is 64.7 Å². The summed E-state index contributed by atoms with van der Waals surface area (Å²) in [6.07, 6.45) is 3.14. The molecule has 1 aromatic carbocycles. The van der Waals surface area contributed by atoms with Gasteiger partial charge in [-0.05, 0) is 43.7 Å². The molecule has 2 unspecified atom stereocenters. The molecule has 3 aliphatic rings. The molecule has 2 amide bonds. The normalized spacial score (nSPS) is 30.9. The second kappa shape index (κ2) is 9.51. The summed E-state index contributed by atoms with van der Waals surface area (Å²) in [5.74, 6) is -1.28. The minimum atomic E-state index is -0.655. The van der Waals surface area contributed by atoms with Crippen molar-refractivity contribution in [2.24, 2.45) is 11.8 Å². The third-order valence-corrected chi connectivity index (χ3v) is 8.40. The van der Waals surface area contributed by atoms with Crippen LogP contribution in [0.2, 0.25) is 5.15 Å². The molecule has 35 heavy (non-hydrogen) atoms. The van der Waals surface area contributed by atoms with Crippen LogP contribution in [-0.2, 0) is 16.0 Å². The Bertz CT molecular complexity index is 1110. The Labute approximate surface area is 210 Å². The Morgan fingerprint density at radius 3 is 2.63 bits per heavy atom. The molecule has 3 atom stereocenters. The average Bonchev–Trinajstić information content (AvgIpc) is 3.41. The molecule has 0 spiro atoms. The molecule has 186 valence electrons. The van der Waals surface area contributed by atoms with Gasteiger partial charge in [-0.2, -0.15) is 4.39 Å². The van der Waals surface area contributed by atoms with Crippen molar-refractivity contribution in [3.63, 3.8) is 0 Å². The van der Waals surface area contributed by atoms with Gasteiger partial charge in [0.05, 0.1) is 12.0 Å². The van der Waals surface area contributed by atoms with Gasteiger partial charge >= 0.3 is 6.09 Å². The van der Waals surface area contributed by atoms with Crippen LogP contribution in [0.25, 0.3) is 0 Å². The molecule has 5 rings (SSSR count). The minimum absolute atomic E-state index is 0.0285. The van der Waals surface area contributed by atoms with E-state index in [1.54, 1.807) is 12.1 Å². The monoisotopic (exact) mass is 499 g/mol. The highest BCUT2D eigenvalue weighted by Gasteiger charge is 2.53. The van der Waals surface area contributed by atoms with E-state index in [1.165, 1.54) is 4.90 Å². The molecular weight excluding hydrogens is 469 g/mol. The molecule has 2 aromatic rings. The van der Waals surface area contributed by atoms with Crippen LogP contribution in [0.3, 0.4) is 0 Å². The van der Waals surface area contributed by atoms with E-state index in [9.17, 15) is 14.0 Å². The molecule has 1 saturated carbocycles. The summed E-state index contributed by atoms with van der Waals surface area (Å²) in [6, 6.07) is 12.5. The van der Waals surface area contributed by atoms with Gasteiger partial charge in [0.2, 0.25) is 11.9 Å². The Hall–Kier alpha value is -2.51. The standard InChI is InChI=1S/C27H31ClFN3O3/c1-3-17-12-27(2,13-17)31-14-21(20-9-10-23(28)30-24(20)29)22(15-31)25(33)32-19(16-35-26(32)34)11-18-7-5-4-6-8-18/h4-10,17,19,21-22H,3,11-16H2,1-2H3/t17?,19-,21?,22?,27?/m0/s1. The maximum atomic E-state index is 15.0. The fourth-order valence-corrected chi connectivity index (χ4v) is 6.32. The van der Waals surface area contributed by atoms with E-state index >= 15 is 0 Å². The molecule has 8 heteroatoms. The SMILES string of the molecule is CCC1CC(C)(N2CC(C(=O)N3C(=O)OC[C@@H]3Cc3ccccc3)C(c3ccc(Cl)nc3F)C2)C1. The number of amides is 2. The Balaban J connectivity index is 1.43. The number of rotatable bonds is 6. The molecule has 1 aliphatic carbocycles. The summed E-state index contributed by atoms with van der Waals surface area (Å²) in [4.78, 5) is 34.1. The van der Waals surface area contributed by atoms with E-state index in [0.29, 0.717) is 31.0 Å². The molecular formula is C27H31ClFN3O3. The number of hydrogen-bond donors (Lipinski definition) is 0. The fraction of sp³-hybridized carbons (Fsp3) is 0.519. The van der Waals surface area contributed by atoms with Crippen molar-refractivity contribution in [1.29, 1.82) is 0 Å². The Morgan fingerprint density at radius 2 is 1.94 bits per heavy atom. The molecule has 3 heterocycles. The highest BCUT2D eigenvalue weighted by molar-refractivity contribution is 6.29. The van der Waals surface area contributed by atoms with Crippen LogP contribution in [0.1, 0.15) is 50.2 Å². The molecule has 1 aromatic heterocycles. The summed E-state index contributed by atoms with van der Waals surface area (Å²) < 4.78 is 20.3. The molecule has 3 fully saturated rings. The number of benzene rings is 1. The van der Waals surface area contributed by atoms with Crippen LogP contribution in [0.5, 0.6) is 0 Å². The maximum absolute atomic E-state index is 15.0. The van der Waals surface area contributed by atoms with E-state index in [4.69, 9.17) is 16.3 Å². The predicted octanol–water partition coefficient (Wildman–Crippen LogP) is 5.06. The molecule has 6 nitrogen and oxygen atoms in total. The molecule has 0 radical (unpaired) electrons. The Kier molecular flexibility index (Phi) is 6.57. The number of cyclic esters (lactones) is 1. The number of pyridine rings is 1. The van der Waals surface area contributed by atoms with Crippen LogP contribution in [0.15, 0.2) is 42.5 Å². The van der Waals surface area contributed by atoms with E-state index < -0.39 is 23.9 Å². The number of halogens is 2. The predicted molar refractivity (Wildman–Crippen MR) is 131 cm³/mol.